The number of halogens is 1. The van der Waals surface area contributed by atoms with Gasteiger partial charge in [0.25, 0.3) is 0 Å². The Bertz CT molecular complexity index is 508. The Hall–Kier alpha value is -1.43. The van der Waals surface area contributed by atoms with Gasteiger partial charge in [0.2, 0.25) is 5.91 Å². The minimum absolute atomic E-state index is 0.115. The van der Waals surface area contributed by atoms with Crippen LogP contribution in [0.15, 0.2) is 29.4 Å². The van der Waals surface area contributed by atoms with Crippen molar-refractivity contribution in [1.29, 1.82) is 0 Å². The highest BCUT2D eigenvalue weighted by Gasteiger charge is 2.33. The molecule has 1 fully saturated rings. The quantitative estimate of drug-likeness (QED) is 0.685. The molecule has 0 saturated carbocycles. The molecule has 0 bridgehead atoms. The molecule has 6 heteroatoms. The predicted molar refractivity (Wildman–Crippen MR) is 76.7 cm³/mol. The van der Waals surface area contributed by atoms with Crippen LogP contribution >= 0.6 is 11.6 Å². The molecule has 0 spiro atoms. The second-order valence-electron chi connectivity index (χ2n) is 4.75. The zero-order valence-corrected chi connectivity index (χ0v) is 12.2. The Kier molecular flexibility index (Phi) is 4.75. The zero-order chi connectivity index (χ0) is 14.6. The SMILES string of the molecule is C/C(=N/NC(=O)CC1(C)OCCO1)c1ccc(Cl)cc1. The number of hydrogen-bond acceptors (Lipinski definition) is 4. The van der Waals surface area contributed by atoms with E-state index in [-0.39, 0.29) is 12.3 Å². The van der Waals surface area contributed by atoms with Gasteiger partial charge in [-0.15, -0.1) is 0 Å². The van der Waals surface area contributed by atoms with Crippen molar-refractivity contribution in [2.24, 2.45) is 5.10 Å². The summed E-state index contributed by atoms with van der Waals surface area (Å²) in [5.41, 5.74) is 4.10. The zero-order valence-electron chi connectivity index (χ0n) is 11.5. The van der Waals surface area contributed by atoms with E-state index >= 15 is 0 Å². The first-order valence-electron chi connectivity index (χ1n) is 6.35. The van der Waals surface area contributed by atoms with E-state index in [0.29, 0.717) is 23.9 Å². The van der Waals surface area contributed by atoms with Gasteiger partial charge in [-0.2, -0.15) is 5.10 Å². The van der Waals surface area contributed by atoms with Crippen molar-refractivity contribution in [3.63, 3.8) is 0 Å². The van der Waals surface area contributed by atoms with Gasteiger partial charge < -0.3 is 9.47 Å². The molecule has 0 unspecified atom stereocenters. The third kappa shape index (κ3) is 4.03. The Morgan fingerprint density at radius 3 is 2.55 bits per heavy atom. The van der Waals surface area contributed by atoms with Crippen LogP contribution in [0, 0.1) is 0 Å². The molecule has 0 aromatic heterocycles. The van der Waals surface area contributed by atoms with Gasteiger partial charge >= 0.3 is 0 Å². The van der Waals surface area contributed by atoms with Crippen LogP contribution in [-0.4, -0.2) is 30.6 Å². The third-order valence-electron chi connectivity index (χ3n) is 2.99. The summed E-state index contributed by atoms with van der Waals surface area (Å²) in [5.74, 6) is -1.09. The van der Waals surface area contributed by atoms with Gasteiger partial charge in [0.1, 0.15) is 0 Å². The van der Waals surface area contributed by atoms with Crippen LogP contribution < -0.4 is 5.43 Å². The maximum atomic E-state index is 11.8. The second kappa shape index (κ2) is 6.35. The number of carbonyl (C=O) groups is 1. The number of nitrogens with one attached hydrogen (secondary N) is 1. The predicted octanol–water partition coefficient (Wildman–Crippen LogP) is 2.33. The summed E-state index contributed by atoms with van der Waals surface area (Å²) in [5, 5.41) is 4.72. The summed E-state index contributed by atoms with van der Waals surface area (Å²) in [6.07, 6.45) is 0.115. The number of ether oxygens (including phenoxy) is 2. The van der Waals surface area contributed by atoms with Crippen molar-refractivity contribution in [2.45, 2.75) is 26.1 Å². The van der Waals surface area contributed by atoms with Crippen molar-refractivity contribution in [3.05, 3.63) is 34.9 Å². The van der Waals surface area contributed by atoms with E-state index in [1.165, 1.54) is 0 Å². The van der Waals surface area contributed by atoms with Crippen molar-refractivity contribution in [3.8, 4) is 0 Å². The van der Waals surface area contributed by atoms with Gasteiger partial charge in [0.15, 0.2) is 5.79 Å². The molecule has 1 amide bonds. The Morgan fingerprint density at radius 2 is 1.95 bits per heavy atom. The highest BCUT2D eigenvalue weighted by Crippen LogP contribution is 2.22. The lowest BCUT2D eigenvalue weighted by atomic mass is 10.1. The first kappa shape index (κ1) is 15.0. The molecule has 1 aromatic rings. The van der Waals surface area contributed by atoms with Gasteiger partial charge in [-0.25, -0.2) is 5.43 Å². The summed E-state index contributed by atoms with van der Waals surface area (Å²) < 4.78 is 10.7. The number of rotatable bonds is 4. The minimum Gasteiger partial charge on any atom is -0.347 e. The van der Waals surface area contributed by atoms with Crippen molar-refractivity contribution >= 4 is 23.2 Å². The Morgan fingerprint density at radius 1 is 1.35 bits per heavy atom. The molecular weight excluding hydrogens is 280 g/mol. The average molecular weight is 297 g/mol. The van der Waals surface area contributed by atoms with Crippen LogP contribution in [-0.2, 0) is 14.3 Å². The van der Waals surface area contributed by atoms with Gasteiger partial charge in [-0.1, -0.05) is 23.7 Å². The lowest BCUT2D eigenvalue weighted by Crippen LogP contribution is -2.33. The number of amides is 1. The fraction of sp³-hybridized carbons (Fsp3) is 0.429. The van der Waals surface area contributed by atoms with E-state index in [1.807, 2.05) is 19.1 Å². The highest BCUT2D eigenvalue weighted by molar-refractivity contribution is 6.30. The maximum Gasteiger partial charge on any atom is 0.245 e. The molecule has 1 aliphatic rings. The van der Waals surface area contributed by atoms with E-state index < -0.39 is 5.79 Å². The van der Waals surface area contributed by atoms with Gasteiger partial charge in [0.05, 0.1) is 25.3 Å². The molecule has 0 radical (unpaired) electrons. The number of carbonyl (C=O) groups excluding carboxylic acids is 1. The topological polar surface area (TPSA) is 59.9 Å². The summed E-state index contributed by atoms with van der Waals surface area (Å²) in [4.78, 5) is 11.8. The van der Waals surface area contributed by atoms with Crippen molar-refractivity contribution < 1.29 is 14.3 Å². The van der Waals surface area contributed by atoms with E-state index in [0.717, 1.165) is 5.56 Å². The maximum absolute atomic E-state index is 11.8. The van der Waals surface area contributed by atoms with Crippen LogP contribution in [0.1, 0.15) is 25.8 Å². The smallest absolute Gasteiger partial charge is 0.245 e. The lowest BCUT2D eigenvalue weighted by molar-refractivity contribution is -0.159. The van der Waals surface area contributed by atoms with E-state index in [9.17, 15) is 4.79 Å². The summed E-state index contributed by atoms with van der Waals surface area (Å²) in [6, 6.07) is 7.24. The summed E-state index contributed by atoms with van der Waals surface area (Å²) in [6.45, 7) is 4.58. The standard InChI is InChI=1S/C14H17ClN2O3/c1-10(11-3-5-12(15)6-4-11)16-17-13(18)9-14(2)19-7-8-20-14/h3-6H,7-9H2,1-2H3,(H,17,18)/b16-10-. The van der Waals surface area contributed by atoms with Crippen LogP contribution in [0.25, 0.3) is 0 Å². The second-order valence-corrected chi connectivity index (χ2v) is 5.18. The fourth-order valence-corrected chi connectivity index (χ4v) is 2.02. The van der Waals surface area contributed by atoms with Crippen LogP contribution in [0.5, 0.6) is 0 Å². The number of benzene rings is 1. The molecule has 5 nitrogen and oxygen atoms in total. The summed E-state index contributed by atoms with van der Waals surface area (Å²) >= 11 is 5.82. The molecule has 1 aliphatic heterocycles. The fourth-order valence-electron chi connectivity index (χ4n) is 1.89. The van der Waals surface area contributed by atoms with Gasteiger partial charge in [0, 0.05) is 5.02 Å². The monoisotopic (exact) mass is 296 g/mol. The Balaban J connectivity index is 1.91. The van der Waals surface area contributed by atoms with E-state index in [2.05, 4.69) is 10.5 Å². The number of hydrogen-bond donors (Lipinski definition) is 1. The molecule has 1 N–H and O–H groups in total. The van der Waals surface area contributed by atoms with Gasteiger partial charge in [-0.3, -0.25) is 4.79 Å². The first-order chi connectivity index (χ1) is 9.48. The summed E-state index contributed by atoms with van der Waals surface area (Å²) in [7, 11) is 0. The normalized spacial score (nSPS) is 18.1. The molecule has 1 saturated heterocycles. The molecule has 1 aromatic carbocycles. The van der Waals surface area contributed by atoms with Crippen molar-refractivity contribution in [2.75, 3.05) is 13.2 Å². The minimum atomic E-state index is -0.840. The Labute approximate surface area is 122 Å². The van der Waals surface area contributed by atoms with E-state index in [1.54, 1.807) is 19.1 Å². The number of nitrogens with zero attached hydrogens (tertiary/aromatic N) is 1. The molecular formula is C14H17ClN2O3. The molecule has 20 heavy (non-hydrogen) atoms. The first-order valence-corrected chi connectivity index (χ1v) is 6.73. The lowest BCUT2D eigenvalue weighted by Gasteiger charge is -2.20. The molecule has 108 valence electrons. The molecule has 2 rings (SSSR count). The van der Waals surface area contributed by atoms with Crippen LogP contribution in [0.2, 0.25) is 5.02 Å². The van der Waals surface area contributed by atoms with Crippen LogP contribution in [0.3, 0.4) is 0 Å². The van der Waals surface area contributed by atoms with E-state index in [4.69, 9.17) is 21.1 Å². The molecule has 1 heterocycles. The number of hydrazone groups is 1. The highest BCUT2D eigenvalue weighted by atomic mass is 35.5. The van der Waals surface area contributed by atoms with Crippen molar-refractivity contribution in [1.82, 2.24) is 5.43 Å². The average Bonchev–Trinajstić information content (AvgIpc) is 2.83. The molecule has 0 aliphatic carbocycles. The van der Waals surface area contributed by atoms with Crippen LogP contribution in [0.4, 0.5) is 0 Å². The largest absolute Gasteiger partial charge is 0.347 e. The molecule has 0 atom stereocenters. The third-order valence-corrected chi connectivity index (χ3v) is 3.24. The van der Waals surface area contributed by atoms with Gasteiger partial charge in [-0.05, 0) is 31.5 Å².